The van der Waals surface area contributed by atoms with Crippen LogP contribution < -0.4 is 10.1 Å². The lowest BCUT2D eigenvalue weighted by atomic mass is 10.0. The third-order valence-electron chi connectivity index (χ3n) is 3.35. The summed E-state index contributed by atoms with van der Waals surface area (Å²) < 4.78 is 10.2. The molecule has 0 aliphatic heterocycles. The normalized spacial score (nSPS) is 12.0. The first-order valence-corrected chi connectivity index (χ1v) is 8.33. The van der Waals surface area contributed by atoms with Gasteiger partial charge in [-0.25, -0.2) is 9.78 Å². The van der Waals surface area contributed by atoms with E-state index in [2.05, 4.69) is 16.9 Å². The molecule has 0 saturated heterocycles. The van der Waals surface area contributed by atoms with Crippen LogP contribution in [0.25, 0.3) is 0 Å². The molecular formula is C19H26N2O5. The maximum Gasteiger partial charge on any atom is 0.408 e. The molecule has 1 aromatic heterocycles. The first-order valence-electron chi connectivity index (χ1n) is 8.33. The van der Waals surface area contributed by atoms with E-state index in [-0.39, 0.29) is 36.7 Å². The predicted octanol–water partition coefficient (Wildman–Crippen LogP) is 3.09. The second-order valence-electron chi connectivity index (χ2n) is 6.67. The quantitative estimate of drug-likeness (QED) is 0.536. The smallest absolute Gasteiger partial charge is 0.408 e. The molecule has 1 amide bonds. The third-order valence-corrected chi connectivity index (χ3v) is 3.35. The average Bonchev–Trinajstić information content (AvgIpc) is 2.57. The monoisotopic (exact) mass is 362 g/mol. The van der Waals surface area contributed by atoms with E-state index in [1.54, 1.807) is 32.9 Å². The fraction of sp³-hybridized carbons (Fsp3) is 0.474. The Morgan fingerprint density at radius 2 is 2.00 bits per heavy atom. The van der Waals surface area contributed by atoms with Gasteiger partial charge in [0.1, 0.15) is 5.60 Å². The lowest BCUT2D eigenvalue weighted by Crippen LogP contribution is -2.43. The zero-order valence-electron chi connectivity index (χ0n) is 15.7. The Morgan fingerprint density at radius 3 is 2.58 bits per heavy atom. The summed E-state index contributed by atoms with van der Waals surface area (Å²) in [6.07, 6.45) is 2.59. The van der Waals surface area contributed by atoms with Gasteiger partial charge in [-0.1, -0.05) is 6.08 Å². The van der Waals surface area contributed by atoms with Crippen molar-refractivity contribution in [1.29, 1.82) is 0 Å². The molecule has 1 heterocycles. The van der Waals surface area contributed by atoms with Crippen LogP contribution >= 0.6 is 0 Å². The second-order valence-corrected chi connectivity index (χ2v) is 6.67. The first kappa shape index (κ1) is 21.3. The van der Waals surface area contributed by atoms with Crippen LogP contribution in [0.3, 0.4) is 0 Å². The Balaban J connectivity index is 2.68. The van der Waals surface area contributed by atoms with Crippen molar-refractivity contribution in [3.05, 3.63) is 36.5 Å². The molecule has 1 rings (SSSR count). The Bertz CT molecular complexity index is 664. The molecule has 7 heteroatoms. The molecule has 0 aromatic carbocycles. The molecule has 0 spiro atoms. The molecule has 26 heavy (non-hydrogen) atoms. The van der Waals surface area contributed by atoms with E-state index in [0.29, 0.717) is 5.56 Å². The number of aromatic nitrogens is 1. The number of nitrogens with one attached hydrogen (secondary N) is 1. The molecule has 1 N–H and O–H groups in total. The number of ketones is 2. The molecule has 0 radical (unpaired) electrons. The van der Waals surface area contributed by atoms with Gasteiger partial charge >= 0.3 is 6.09 Å². The van der Waals surface area contributed by atoms with E-state index in [1.807, 2.05) is 0 Å². The molecule has 0 bridgehead atoms. The zero-order valence-corrected chi connectivity index (χ0v) is 15.7. The van der Waals surface area contributed by atoms with Gasteiger partial charge in [0.15, 0.2) is 11.6 Å². The fourth-order valence-corrected chi connectivity index (χ4v) is 2.20. The number of hydrogen-bond donors (Lipinski definition) is 1. The van der Waals surface area contributed by atoms with Crippen LogP contribution in [0.5, 0.6) is 5.88 Å². The molecule has 1 aromatic rings. The van der Waals surface area contributed by atoms with Crippen molar-refractivity contribution >= 4 is 17.7 Å². The van der Waals surface area contributed by atoms with Crippen molar-refractivity contribution in [2.45, 2.75) is 51.7 Å². The largest absolute Gasteiger partial charge is 0.480 e. The number of nitrogens with zero attached hydrogens (tertiary/aromatic N) is 1. The minimum Gasteiger partial charge on any atom is -0.480 e. The number of carbonyl (C=O) groups is 3. The molecule has 0 aliphatic rings. The SMILES string of the molecule is C=CC[C@H](NC(=O)OC(C)(C)C)C(=O)CCC(=O)c1cccnc1OC. The number of methoxy groups -OCH3 is 1. The van der Waals surface area contributed by atoms with Gasteiger partial charge in [0.05, 0.1) is 18.7 Å². The van der Waals surface area contributed by atoms with Crippen molar-refractivity contribution in [2.24, 2.45) is 0 Å². The number of rotatable bonds is 9. The maximum atomic E-state index is 12.4. The van der Waals surface area contributed by atoms with Gasteiger partial charge in [0.25, 0.3) is 0 Å². The molecule has 0 saturated carbocycles. The van der Waals surface area contributed by atoms with Gasteiger partial charge < -0.3 is 14.8 Å². The molecule has 0 unspecified atom stereocenters. The van der Waals surface area contributed by atoms with Gasteiger partial charge in [0, 0.05) is 19.0 Å². The van der Waals surface area contributed by atoms with Crippen molar-refractivity contribution in [1.82, 2.24) is 10.3 Å². The van der Waals surface area contributed by atoms with E-state index in [9.17, 15) is 14.4 Å². The minimum absolute atomic E-state index is 0.00940. The van der Waals surface area contributed by atoms with Crippen LogP contribution in [0.15, 0.2) is 31.0 Å². The first-order chi connectivity index (χ1) is 12.2. The number of Topliss-reactive ketones (excluding diaryl/α,β-unsaturated/α-hetero) is 2. The molecule has 7 nitrogen and oxygen atoms in total. The number of hydrogen-bond acceptors (Lipinski definition) is 6. The number of alkyl carbamates (subject to hydrolysis) is 1. The van der Waals surface area contributed by atoms with Crippen LogP contribution in [0.1, 0.15) is 50.4 Å². The Kier molecular flexibility index (Phi) is 7.96. The zero-order chi connectivity index (χ0) is 19.7. The van der Waals surface area contributed by atoms with Gasteiger partial charge in [-0.2, -0.15) is 0 Å². The van der Waals surface area contributed by atoms with Crippen molar-refractivity contribution in [3.63, 3.8) is 0 Å². The highest BCUT2D eigenvalue weighted by atomic mass is 16.6. The fourth-order valence-electron chi connectivity index (χ4n) is 2.20. The van der Waals surface area contributed by atoms with Crippen molar-refractivity contribution in [2.75, 3.05) is 7.11 Å². The number of carbonyl (C=O) groups excluding carboxylic acids is 3. The van der Waals surface area contributed by atoms with Crippen molar-refractivity contribution in [3.8, 4) is 5.88 Å². The molecule has 142 valence electrons. The molecule has 0 aliphatic carbocycles. The summed E-state index contributed by atoms with van der Waals surface area (Å²) in [5.41, 5.74) is -0.346. The van der Waals surface area contributed by atoms with Crippen LogP contribution in [-0.4, -0.2) is 41.4 Å². The lowest BCUT2D eigenvalue weighted by molar-refractivity contribution is -0.121. The van der Waals surface area contributed by atoms with Crippen LogP contribution in [0.4, 0.5) is 4.79 Å². The summed E-state index contributed by atoms with van der Waals surface area (Å²) in [5, 5.41) is 2.53. The number of amides is 1. The molecular weight excluding hydrogens is 336 g/mol. The lowest BCUT2D eigenvalue weighted by Gasteiger charge is -2.22. The van der Waals surface area contributed by atoms with Crippen LogP contribution in [-0.2, 0) is 9.53 Å². The summed E-state index contributed by atoms with van der Waals surface area (Å²) in [7, 11) is 1.43. The van der Waals surface area contributed by atoms with E-state index in [1.165, 1.54) is 19.4 Å². The summed E-state index contributed by atoms with van der Waals surface area (Å²) in [6.45, 7) is 8.79. The molecule has 1 atom stereocenters. The minimum atomic E-state index is -0.786. The average molecular weight is 362 g/mol. The topological polar surface area (TPSA) is 94.6 Å². The summed E-state index contributed by atoms with van der Waals surface area (Å²) in [5.74, 6) is -0.302. The summed E-state index contributed by atoms with van der Waals surface area (Å²) >= 11 is 0. The third kappa shape index (κ3) is 7.04. The Hall–Kier alpha value is -2.70. The van der Waals surface area contributed by atoms with Crippen LogP contribution in [0, 0.1) is 0 Å². The number of ether oxygens (including phenoxy) is 2. The standard InChI is InChI=1S/C19H26N2O5/c1-6-8-14(21-18(24)26-19(2,3)4)16(23)11-10-15(22)13-9-7-12-20-17(13)25-5/h6-7,9,12,14H,1,8,10-11H2,2-5H3,(H,21,24)/t14-/m0/s1. The van der Waals surface area contributed by atoms with E-state index in [4.69, 9.17) is 9.47 Å². The van der Waals surface area contributed by atoms with E-state index < -0.39 is 17.7 Å². The highest BCUT2D eigenvalue weighted by Crippen LogP contribution is 2.17. The van der Waals surface area contributed by atoms with Crippen molar-refractivity contribution < 1.29 is 23.9 Å². The van der Waals surface area contributed by atoms with Crippen LogP contribution in [0.2, 0.25) is 0 Å². The second kappa shape index (κ2) is 9.70. The predicted molar refractivity (Wildman–Crippen MR) is 97.3 cm³/mol. The Morgan fingerprint density at radius 1 is 1.31 bits per heavy atom. The van der Waals surface area contributed by atoms with Gasteiger partial charge in [-0.15, -0.1) is 6.58 Å². The van der Waals surface area contributed by atoms with E-state index >= 15 is 0 Å². The van der Waals surface area contributed by atoms with Gasteiger partial charge in [0.2, 0.25) is 5.88 Å². The highest BCUT2D eigenvalue weighted by Gasteiger charge is 2.24. The van der Waals surface area contributed by atoms with Gasteiger partial charge in [-0.05, 0) is 39.3 Å². The highest BCUT2D eigenvalue weighted by molar-refractivity contribution is 6.00. The number of pyridine rings is 1. The summed E-state index contributed by atoms with van der Waals surface area (Å²) in [6, 6.07) is 2.44. The molecule has 0 fully saturated rings. The van der Waals surface area contributed by atoms with E-state index in [0.717, 1.165) is 0 Å². The summed E-state index contributed by atoms with van der Waals surface area (Å²) in [4.78, 5) is 40.6. The maximum absolute atomic E-state index is 12.4. The van der Waals surface area contributed by atoms with Gasteiger partial charge in [-0.3, -0.25) is 9.59 Å². The Labute approximate surface area is 153 Å².